The van der Waals surface area contributed by atoms with Crippen molar-refractivity contribution in [3.8, 4) is 5.13 Å². The lowest BCUT2D eigenvalue weighted by Gasteiger charge is -2.08. The van der Waals surface area contributed by atoms with Crippen LogP contribution in [-0.4, -0.2) is 25.9 Å². The maximum atomic E-state index is 13.5. The fraction of sp³-hybridized carbons (Fsp3) is 0.190. The summed E-state index contributed by atoms with van der Waals surface area (Å²) in [4.78, 5) is 18.4. The standard InChI is InChI=1S/C21H19FN4OS2/c1-12(2)28-16-7-4-14(5-8-16)20(27)24-19-10-13(3)25-26(19)21-23-17-9-6-15(22)11-18(17)29-21/h4-12H,1-3H3,(H,24,27). The third-order valence-corrected chi connectivity index (χ3v) is 6.09. The third-order valence-electron chi connectivity index (χ3n) is 4.08. The van der Waals surface area contributed by atoms with E-state index in [1.54, 1.807) is 28.6 Å². The Hall–Kier alpha value is -2.71. The molecular formula is C21H19FN4OS2. The fourth-order valence-electron chi connectivity index (χ4n) is 2.86. The van der Waals surface area contributed by atoms with Gasteiger partial charge < -0.3 is 5.32 Å². The molecule has 2 heterocycles. The van der Waals surface area contributed by atoms with Crippen LogP contribution in [-0.2, 0) is 0 Å². The van der Waals surface area contributed by atoms with Gasteiger partial charge in [0.15, 0.2) is 0 Å². The fourth-order valence-corrected chi connectivity index (χ4v) is 4.65. The van der Waals surface area contributed by atoms with Crippen LogP contribution < -0.4 is 5.32 Å². The van der Waals surface area contributed by atoms with Gasteiger partial charge in [0.1, 0.15) is 11.6 Å². The molecule has 5 nitrogen and oxygen atoms in total. The van der Waals surface area contributed by atoms with Gasteiger partial charge in [-0.2, -0.15) is 9.78 Å². The van der Waals surface area contributed by atoms with Crippen molar-refractivity contribution in [2.24, 2.45) is 0 Å². The summed E-state index contributed by atoms with van der Waals surface area (Å²) in [6, 6.07) is 13.8. The SMILES string of the molecule is Cc1cc(NC(=O)c2ccc(SC(C)C)cc2)n(-c2nc3ccc(F)cc3s2)n1. The van der Waals surface area contributed by atoms with Gasteiger partial charge >= 0.3 is 0 Å². The molecule has 4 aromatic rings. The van der Waals surface area contributed by atoms with Crippen LogP contribution in [0.1, 0.15) is 29.9 Å². The third kappa shape index (κ3) is 4.33. The summed E-state index contributed by atoms with van der Waals surface area (Å²) >= 11 is 3.07. The lowest BCUT2D eigenvalue weighted by Crippen LogP contribution is -2.15. The molecule has 0 fully saturated rings. The summed E-state index contributed by atoms with van der Waals surface area (Å²) in [5, 5.41) is 8.40. The number of nitrogens with zero attached hydrogens (tertiary/aromatic N) is 3. The number of amides is 1. The minimum absolute atomic E-state index is 0.223. The molecule has 0 aliphatic heterocycles. The zero-order valence-corrected chi connectivity index (χ0v) is 17.8. The van der Waals surface area contributed by atoms with Gasteiger partial charge in [0, 0.05) is 21.8 Å². The number of carbonyl (C=O) groups is 1. The molecule has 29 heavy (non-hydrogen) atoms. The van der Waals surface area contributed by atoms with Crippen LogP contribution >= 0.6 is 23.1 Å². The summed E-state index contributed by atoms with van der Waals surface area (Å²) in [7, 11) is 0. The highest BCUT2D eigenvalue weighted by Gasteiger charge is 2.16. The van der Waals surface area contributed by atoms with E-state index in [1.807, 2.05) is 31.2 Å². The topological polar surface area (TPSA) is 59.8 Å². The number of carbonyl (C=O) groups excluding carboxylic acids is 1. The number of thioether (sulfide) groups is 1. The van der Waals surface area contributed by atoms with Crippen molar-refractivity contribution in [3.05, 3.63) is 65.6 Å². The van der Waals surface area contributed by atoms with Crippen molar-refractivity contribution in [1.29, 1.82) is 0 Å². The molecule has 4 rings (SSSR count). The number of aromatic nitrogens is 3. The summed E-state index contributed by atoms with van der Waals surface area (Å²) < 4.78 is 15.8. The molecule has 0 aliphatic carbocycles. The van der Waals surface area contributed by atoms with Gasteiger partial charge in [-0.1, -0.05) is 25.2 Å². The van der Waals surface area contributed by atoms with Crippen molar-refractivity contribution >= 4 is 45.0 Å². The number of hydrogen-bond acceptors (Lipinski definition) is 5. The van der Waals surface area contributed by atoms with Crippen molar-refractivity contribution in [1.82, 2.24) is 14.8 Å². The smallest absolute Gasteiger partial charge is 0.256 e. The number of nitrogens with one attached hydrogen (secondary N) is 1. The van der Waals surface area contributed by atoms with E-state index in [1.165, 1.54) is 23.5 Å². The second-order valence-corrected chi connectivity index (χ2v) is 9.50. The number of anilines is 1. The number of aryl methyl sites for hydroxylation is 1. The lowest BCUT2D eigenvalue weighted by atomic mass is 10.2. The van der Waals surface area contributed by atoms with E-state index in [0.29, 0.717) is 27.3 Å². The zero-order valence-electron chi connectivity index (χ0n) is 16.1. The molecule has 1 amide bonds. The molecule has 0 aliphatic rings. The first-order valence-corrected chi connectivity index (χ1v) is 10.8. The number of rotatable bonds is 5. The van der Waals surface area contributed by atoms with Crippen LogP contribution in [0, 0.1) is 12.7 Å². The maximum Gasteiger partial charge on any atom is 0.256 e. The van der Waals surface area contributed by atoms with Crippen molar-refractivity contribution < 1.29 is 9.18 Å². The highest BCUT2D eigenvalue weighted by atomic mass is 32.2. The van der Waals surface area contributed by atoms with E-state index in [9.17, 15) is 9.18 Å². The summed E-state index contributed by atoms with van der Waals surface area (Å²) in [6.45, 7) is 6.10. The molecule has 0 radical (unpaired) electrons. The number of halogens is 1. The van der Waals surface area contributed by atoms with Crippen LogP contribution in [0.4, 0.5) is 10.2 Å². The van der Waals surface area contributed by atoms with E-state index in [-0.39, 0.29) is 11.7 Å². The normalized spacial score (nSPS) is 11.3. The molecule has 2 aromatic heterocycles. The lowest BCUT2D eigenvalue weighted by molar-refractivity contribution is 0.102. The van der Waals surface area contributed by atoms with Crippen molar-refractivity contribution in [2.75, 3.05) is 5.32 Å². The monoisotopic (exact) mass is 426 g/mol. The van der Waals surface area contributed by atoms with Crippen LogP contribution in [0.15, 0.2) is 53.4 Å². The molecule has 0 saturated heterocycles. The predicted molar refractivity (Wildman–Crippen MR) is 117 cm³/mol. The Morgan fingerprint density at radius 3 is 2.66 bits per heavy atom. The molecule has 8 heteroatoms. The Kier molecular flexibility index (Phi) is 5.38. The highest BCUT2D eigenvalue weighted by Crippen LogP contribution is 2.28. The average Bonchev–Trinajstić information content (AvgIpc) is 3.24. The Labute approximate surface area is 176 Å². The first-order chi connectivity index (χ1) is 13.9. The molecule has 148 valence electrons. The minimum Gasteiger partial charge on any atom is -0.306 e. The molecule has 0 atom stereocenters. The van der Waals surface area contributed by atoms with Crippen molar-refractivity contribution in [2.45, 2.75) is 30.9 Å². The Morgan fingerprint density at radius 2 is 1.93 bits per heavy atom. The van der Waals surface area contributed by atoms with Gasteiger partial charge in [-0.3, -0.25) is 4.79 Å². The van der Waals surface area contributed by atoms with Crippen LogP contribution in [0.3, 0.4) is 0 Å². The van der Waals surface area contributed by atoms with Crippen LogP contribution in [0.25, 0.3) is 15.3 Å². The van der Waals surface area contributed by atoms with Crippen LogP contribution in [0.2, 0.25) is 0 Å². The molecule has 0 unspecified atom stereocenters. The van der Waals surface area contributed by atoms with E-state index in [0.717, 1.165) is 15.3 Å². The second kappa shape index (κ2) is 7.96. The van der Waals surface area contributed by atoms with Gasteiger partial charge in [0.25, 0.3) is 5.91 Å². The maximum absolute atomic E-state index is 13.5. The quantitative estimate of drug-likeness (QED) is 0.417. The second-order valence-electron chi connectivity index (χ2n) is 6.84. The Morgan fingerprint density at radius 1 is 1.17 bits per heavy atom. The first kappa shape index (κ1) is 19.6. The van der Waals surface area contributed by atoms with E-state index >= 15 is 0 Å². The highest BCUT2D eigenvalue weighted by molar-refractivity contribution is 7.99. The predicted octanol–water partition coefficient (Wildman–Crippen LogP) is 5.68. The van der Waals surface area contributed by atoms with Crippen LogP contribution in [0.5, 0.6) is 0 Å². The molecule has 0 saturated carbocycles. The van der Waals surface area contributed by atoms with E-state index in [4.69, 9.17) is 0 Å². The van der Waals surface area contributed by atoms with E-state index < -0.39 is 0 Å². The average molecular weight is 427 g/mol. The Bertz CT molecular complexity index is 1180. The zero-order chi connectivity index (χ0) is 20.5. The molecule has 0 spiro atoms. The van der Waals surface area contributed by atoms with Gasteiger partial charge in [-0.15, -0.1) is 11.8 Å². The number of fused-ring (bicyclic) bond motifs is 1. The molecule has 1 N–H and O–H groups in total. The first-order valence-electron chi connectivity index (χ1n) is 9.10. The van der Waals surface area contributed by atoms with Gasteiger partial charge in [-0.25, -0.2) is 9.37 Å². The van der Waals surface area contributed by atoms with Gasteiger partial charge in [0.05, 0.1) is 15.9 Å². The van der Waals surface area contributed by atoms with Gasteiger partial charge in [-0.05, 0) is 49.4 Å². The molecular weight excluding hydrogens is 407 g/mol. The molecule has 0 bridgehead atoms. The number of thiazole rings is 1. The summed E-state index contributed by atoms with van der Waals surface area (Å²) in [6.07, 6.45) is 0. The largest absolute Gasteiger partial charge is 0.306 e. The van der Waals surface area contributed by atoms with Crippen molar-refractivity contribution in [3.63, 3.8) is 0 Å². The minimum atomic E-state index is -0.308. The summed E-state index contributed by atoms with van der Waals surface area (Å²) in [5.74, 6) is -0.0102. The van der Waals surface area contributed by atoms with E-state index in [2.05, 4.69) is 29.2 Å². The Balaban J connectivity index is 1.60. The molecule has 2 aromatic carbocycles. The number of hydrogen-bond donors (Lipinski definition) is 1. The summed E-state index contributed by atoms with van der Waals surface area (Å²) in [5.41, 5.74) is 2.00. The van der Waals surface area contributed by atoms with Gasteiger partial charge in [0.2, 0.25) is 5.13 Å². The number of benzene rings is 2.